The van der Waals surface area contributed by atoms with Gasteiger partial charge in [-0.2, -0.15) is 0 Å². The van der Waals surface area contributed by atoms with Crippen LogP contribution in [0.25, 0.3) is 11.1 Å². The molecule has 0 aromatic heterocycles. The Morgan fingerprint density at radius 3 is 2.15 bits per heavy atom. The molecule has 0 fully saturated rings. The lowest BCUT2D eigenvalue weighted by atomic mass is 9.89. The molecule has 0 saturated carbocycles. The van der Waals surface area contributed by atoms with Crippen molar-refractivity contribution in [2.75, 3.05) is 19.7 Å². The van der Waals surface area contributed by atoms with Crippen LogP contribution < -0.4 is 10.6 Å². The quantitative estimate of drug-likeness (QED) is 0.450. The van der Waals surface area contributed by atoms with Crippen LogP contribution in [0.15, 0.2) is 48.5 Å². The molecule has 3 N–H and O–H groups in total. The minimum Gasteiger partial charge on any atom is -0.481 e. The largest absolute Gasteiger partial charge is 0.481 e. The molecule has 1 unspecified atom stereocenters. The first-order chi connectivity index (χ1) is 16.2. The van der Waals surface area contributed by atoms with Gasteiger partial charge in [0, 0.05) is 19.0 Å². The number of carboxylic acid groups (broad SMARTS) is 1. The van der Waals surface area contributed by atoms with Crippen molar-refractivity contribution in [3.8, 4) is 11.1 Å². The number of aliphatic carboxylic acids is 1. The van der Waals surface area contributed by atoms with Crippen LogP contribution in [0.3, 0.4) is 0 Å². The second-order valence-corrected chi connectivity index (χ2v) is 9.42. The number of benzene rings is 2. The molecule has 0 radical (unpaired) electrons. The molecular weight excluding hydrogens is 432 g/mol. The Hall–Kier alpha value is -3.35. The molecule has 7 nitrogen and oxygen atoms in total. The Morgan fingerprint density at radius 1 is 1.00 bits per heavy atom. The number of alkyl carbamates (subject to hydrolysis) is 1. The SMILES string of the molecule is CCCC(CNC(=O)OCC1c2ccccc2-c2ccccc21)C(=O)NCCC(C)(C)C(=O)O. The van der Waals surface area contributed by atoms with Crippen molar-refractivity contribution in [3.63, 3.8) is 0 Å². The molecule has 0 bridgehead atoms. The Kier molecular flexibility index (Phi) is 8.31. The summed E-state index contributed by atoms with van der Waals surface area (Å²) in [6.07, 6.45) is 1.16. The Morgan fingerprint density at radius 2 is 1.59 bits per heavy atom. The number of fused-ring (bicyclic) bond motifs is 3. The molecule has 0 saturated heterocycles. The van der Waals surface area contributed by atoms with Crippen molar-refractivity contribution in [3.05, 3.63) is 59.7 Å². The molecule has 1 aliphatic carbocycles. The highest BCUT2D eigenvalue weighted by Crippen LogP contribution is 2.44. The van der Waals surface area contributed by atoms with Gasteiger partial charge in [0.25, 0.3) is 0 Å². The van der Waals surface area contributed by atoms with E-state index in [0.717, 1.165) is 28.7 Å². The van der Waals surface area contributed by atoms with E-state index in [0.29, 0.717) is 12.8 Å². The summed E-state index contributed by atoms with van der Waals surface area (Å²) in [7, 11) is 0. The van der Waals surface area contributed by atoms with E-state index < -0.39 is 23.4 Å². The first-order valence-electron chi connectivity index (χ1n) is 11.8. The molecule has 2 aromatic rings. The number of rotatable bonds is 11. The lowest BCUT2D eigenvalue weighted by molar-refractivity contribution is -0.147. The normalized spacial score (nSPS) is 13.5. The Labute approximate surface area is 200 Å². The zero-order chi connectivity index (χ0) is 24.7. The Bertz CT molecular complexity index is 988. The third-order valence-corrected chi connectivity index (χ3v) is 6.47. The fraction of sp³-hybridized carbons (Fsp3) is 0.444. The molecule has 2 amide bonds. The highest BCUT2D eigenvalue weighted by atomic mass is 16.5. The summed E-state index contributed by atoms with van der Waals surface area (Å²) in [5, 5.41) is 14.7. The maximum Gasteiger partial charge on any atom is 0.407 e. The highest BCUT2D eigenvalue weighted by molar-refractivity contribution is 5.80. The first kappa shape index (κ1) is 25.3. The predicted molar refractivity (Wildman–Crippen MR) is 131 cm³/mol. The van der Waals surface area contributed by atoms with Gasteiger partial charge >= 0.3 is 12.1 Å². The van der Waals surface area contributed by atoms with Gasteiger partial charge < -0.3 is 20.5 Å². The average molecular weight is 467 g/mol. The van der Waals surface area contributed by atoms with Crippen LogP contribution in [0.2, 0.25) is 0 Å². The second-order valence-electron chi connectivity index (χ2n) is 9.42. The number of ether oxygens (including phenoxy) is 1. The van der Waals surface area contributed by atoms with Gasteiger partial charge in [-0.15, -0.1) is 0 Å². The number of nitrogens with one attached hydrogen (secondary N) is 2. The van der Waals surface area contributed by atoms with Crippen LogP contribution in [0, 0.1) is 11.3 Å². The number of amides is 2. The van der Waals surface area contributed by atoms with Crippen molar-refractivity contribution >= 4 is 18.0 Å². The molecule has 0 spiro atoms. The maximum absolute atomic E-state index is 12.6. The third kappa shape index (κ3) is 5.95. The Balaban J connectivity index is 1.51. The molecule has 182 valence electrons. The first-order valence-corrected chi connectivity index (χ1v) is 11.8. The number of carboxylic acids is 1. The van der Waals surface area contributed by atoms with Crippen molar-refractivity contribution in [1.82, 2.24) is 10.6 Å². The molecule has 34 heavy (non-hydrogen) atoms. The summed E-state index contributed by atoms with van der Waals surface area (Å²) in [6, 6.07) is 16.3. The van der Waals surface area contributed by atoms with Crippen molar-refractivity contribution in [1.29, 1.82) is 0 Å². The van der Waals surface area contributed by atoms with E-state index in [9.17, 15) is 19.5 Å². The van der Waals surface area contributed by atoms with Gasteiger partial charge in [-0.05, 0) is 48.9 Å². The molecule has 0 heterocycles. The average Bonchev–Trinajstić information content (AvgIpc) is 3.13. The number of carbonyl (C=O) groups excluding carboxylic acids is 2. The second kappa shape index (κ2) is 11.2. The monoisotopic (exact) mass is 466 g/mol. The molecule has 0 aliphatic heterocycles. The van der Waals surface area contributed by atoms with Crippen molar-refractivity contribution in [2.45, 2.75) is 46.0 Å². The summed E-state index contributed by atoms with van der Waals surface area (Å²) in [4.78, 5) is 36.3. The fourth-order valence-electron chi connectivity index (χ4n) is 4.28. The lowest BCUT2D eigenvalue weighted by Gasteiger charge is -2.21. The molecular formula is C27H34N2O5. The molecule has 7 heteroatoms. The number of hydrogen-bond donors (Lipinski definition) is 3. The van der Waals surface area contributed by atoms with Crippen molar-refractivity contribution < 1.29 is 24.2 Å². The summed E-state index contributed by atoms with van der Waals surface area (Å²) in [5.74, 6) is -1.52. The van der Waals surface area contributed by atoms with Gasteiger partial charge in [0.1, 0.15) is 6.61 Å². The molecule has 2 aromatic carbocycles. The molecule has 3 rings (SSSR count). The van der Waals surface area contributed by atoms with Crippen LogP contribution in [0.1, 0.15) is 57.1 Å². The van der Waals surface area contributed by atoms with E-state index >= 15 is 0 Å². The minimum atomic E-state index is -0.910. The van der Waals surface area contributed by atoms with Crippen LogP contribution >= 0.6 is 0 Å². The van der Waals surface area contributed by atoms with Crippen LogP contribution in [-0.4, -0.2) is 42.8 Å². The number of carbonyl (C=O) groups is 3. The van der Waals surface area contributed by atoms with Gasteiger partial charge in [0.05, 0.1) is 11.3 Å². The van der Waals surface area contributed by atoms with Gasteiger partial charge in [-0.1, -0.05) is 61.9 Å². The fourth-order valence-corrected chi connectivity index (χ4v) is 4.28. The smallest absolute Gasteiger partial charge is 0.407 e. The summed E-state index contributed by atoms with van der Waals surface area (Å²) in [6.45, 7) is 5.88. The van der Waals surface area contributed by atoms with E-state index in [1.54, 1.807) is 13.8 Å². The van der Waals surface area contributed by atoms with E-state index in [1.165, 1.54) is 0 Å². The van der Waals surface area contributed by atoms with Gasteiger partial charge in [0.15, 0.2) is 0 Å². The number of hydrogen-bond acceptors (Lipinski definition) is 4. The van der Waals surface area contributed by atoms with E-state index in [1.807, 2.05) is 31.2 Å². The van der Waals surface area contributed by atoms with Crippen LogP contribution in [0.5, 0.6) is 0 Å². The van der Waals surface area contributed by atoms with Gasteiger partial charge in [-0.25, -0.2) is 4.79 Å². The minimum absolute atomic E-state index is 0.0227. The standard InChI is InChI=1S/C27H34N2O5/c1-4-9-18(24(30)28-15-14-27(2,3)25(31)32)16-29-26(33)34-17-23-21-12-7-5-10-19(21)20-11-6-8-13-22(20)23/h5-8,10-13,18,23H,4,9,14-17H2,1-3H3,(H,28,30)(H,29,33)(H,31,32). The third-order valence-electron chi connectivity index (χ3n) is 6.47. The molecule has 1 atom stereocenters. The topological polar surface area (TPSA) is 105 Å². The van der Waals surface area contributed by atoms with Gasteiger partial charge in [0.2, 0.25) is 5.91 Å². The molecule has 1 aliphatic rings. The van der Waals surface area contributed by atoms with Crippen LogP contribution in [0.4, 0.5) is 4.79 Å². The van der Waals surface area contributed by atoms with Crippen LogP contribution in [-0.2, 0) is 14.3 Å². The predicted octanol–water partition coefficient (Wildman–Crippen LogP) is 4.56. The van der Waals surface area contributed by atoms with E-state index in [-0.39, 0.29) is 31.5 Å². The van der Waals surface area contributed by atoms with Gasteiger partial charge in [-0.3, -0.25) is 9.59 Å². The lowest BCUT2D eigenvalue weighted by Crippen LogP contribution is -2.40. The summed E-state index contributed by atoms with van der Waals surface area (Å²) < 4.78 is 5.55. The van der Waals surface area contributed by atoms with Crippen molar-refractivity contribution in [2.24, 2.45) is 11.3 Å². The maximum atomic E-state index is 12.6. The van der Waals surface area contributed by atoms with E-state index in [2.05, 4.69) is 34.9 Å². The van der Waals surface area contributed by atoms with E-state index in [4.69, 9.17) is 4.74 Å². The summed E-state index contributed by atoms with van der Waals surface area (Å²) in [5.41, 5.74) is 3.70. The highest BCUT2D eigenvalue weighted by Gasteiger charge is 2.30. The zero-order valence-electron chi connectivity index (χ0n) is 20.1. The summed E-state index contributed by atoms with van der Waals surface area (Å²) >= 11 is 0. The zero-order valence-corrected chi connectivity index (χ0v) is 20.1.